The molecule has 0 unspecified atom stereocenters. The molecule has 0 saturated heterocycles. The molecule has 0 spiro atoms. The fraction of sp³-hybridized carbons (Fsp3) is 1.00. The van der Waals surface area contributed by atoms with Crippen LogP contribution < -0.4 is 0 Å². The monoisotopic (exact) mass is 228 g/mol. The highest BCUT2D eigenvalue weighted by molar-refractivity contribution is 7.81. The van der Waals surface area contributed by atoms with Gasteiger partial charge in [-0.3, -0.25) is 0 Å². The van der Waals surface area contributed by atoms with E-state index in [2.05, 4.69) is 18.4 Å². The van der Waals surface area contributed by atoms with Crippen molar-refractivity contribution in [1.29, 1.82) is 0 Å². The van der Waals surface area contributed by atoms with Crippen LogP contribution in [0.4, 0.5) is 0 Å². The highest BCUT2D eigenvalue weighted by atomic mass is 32.3. The van der Waals surface area contributed by atoms with Gasteiger partial charge in [0.1, 0.15) is 0 Å². The molecule has 0 amide bonds. The molecule has 0 atom stereocenters. The molecular weight excluding hydrogens is 212 g/mol. The highest BCUT2D eigenvalue weighted by Gasteiger charge is 2.14. The lowest BCUT2D eigenvalue weighted by atomic mass is 10.4. The summed E-state index contributed by atoms with van der Waals surface area (Å²) in [4.78, 5) is 8.69. The first-order valence-corrected chi connectivity index (χ1v) is 5.82. The van der Waals surface area contributed by atoms with Crippen LogP contribution in [-0.4, -0.2) is 21.6 Å². The maximum atomic E-state index is 10.8. The first kappa shape index (κ1) is 13.8. The number of unbranched alkanes of at least 4 members (excludes halogenated alkanes) is 1. The maximum absolute atomic E-state index is 10.8. The lowest BCUT2D eigenvalue weighted by Crippen LogP contribution is -2.12. The minimum Gasteiger partial charge on any atom is -0.218 e. The Bertz CT molecular complexity index is 212. The van der Waals surface area contributed by atoms with Gasteiger partial charge in [0, 0.05) is 0 Å². The standard InChI is InChI=1S/C7H16O6S/c1-3-5-7-11-13-14(8,9)12-10-6-4-2/h3-7H2,1-2H3. The third kappa shape index (κ3) is 8.39. The lowest BCUT2D eigenvalue weighted by Gasteiger charge is -2.03. The van der Waals surface area contributed by atoms with E-state index < -0.39 is 10.4 Å². The average molecular weight is 228 g/mol. The van der Waals surface area contributed by atoms with Crippen LogP contribution in [0.3, 0.4) is 0 Å². The van der Waals surface area contributed by atoms with Crippen LogP contribution in [0.5, 0.6) is 0 Å². The highest BCUT2D eigenvalue weighted by Crippen LogP contribution is 1.99. The van der Waals surface area contributed by atoms with Crippen molar-refractivity contribution >= 4 is 10.4 Å². The fourth-order valence-electron chi connectivity index (χ4n) is 0.484. The second kappa shape index (κ2) is 8.13. The zero-order valence-electron chi connectivity index (χ0n) is 8.39. The minimum absolute atomic E-state index is 0.178. The van der Waals surface area contributed by atoms with Crippen LogP contribution in [0, 0.1) is 0 Å². The molecule has 0 aliphatic carbocycles. The predicted octanol–water partition coefficient (Wildman–Crippen LogP) is 1.34. The Morgan fingerprint density at radius 2 is 1.50 bits per heavy atom. The van der Waals surface area contributed by atoms with Crippen molar-refractivity contribution in [3.63, 3.8) is 0 Å². The quantitative estimate of drug-likeness (QED) is 0.337. The SMILES string of the molecule is CCCCOOS(=O)(=O)OOCCC. The van der Waals surface area contributed by atoms with Gasteiger partial charge in [-0.1, -0.05) is 28.9 Å². The van der Waals surface area contributed by atoms with E-state index in [1.165, 1.54) is 0 Å². The molecule has 86 valence electrons. The van der Waals surface area contributed by atoms with Gasteiger partial charge < -0.3 is 0 Å². The molecule has 14 heavy (non-hydrogen) atoms. The van der Waals surface area contributed by atoms with Crippen molar-refractivity contribution in [2.75, 3.05) is 13.2 Å². The molecule has 0 fully saturated rings. The van der Waals surface area contributed by atoms with E-state index in [1.54, 1.807) is 0 Å². The van der Waals surface area contributed by atoms with Gasteiger partial charge in [-0.05, 0) is 12.8 Å². The third-order valence-electron chi connectivity index (χ3n) is 1.13. The van der Waals surface area contributed by atoms with E-state index >= 15 is 0 Å². The second-order valence-corrected chi connectivity index (χ2v) is 3.63. The van der Waals surface area contributed by atoms with Crippen LogP contribution in [0.15, 0.2) is 0 Å². The first-order valence-electron chi connectivity index (χ1n) is 4.49. The molecule has 0 bridgehead atoms. The number of rotatable bonds is 9. The van der Waals surface area contributed by atoms with Gasteiger partial charge in [-0.15, -0.1) is 0 Å². The summed E-state index contributed by atoms with van der Waals surface area (Å²) in [7, 11) is -4.18. The van der Waals surface area contributed by atoms with Crippen molar-refractivity contribution in [3.05, 3.63) is 0 Å². The van der Waals surface area contributed by atoms with E-state index in [1.807, 2.05) is 13.8 Å². The predicted molar refractivity (Wildman–Crippen MR) is 48.2 cm³/mol. The molecular formula is C7H16O6S. The van der Waals surface area contributed by atoms with Crippen molar-refractivity contribution in [1.82, 2.24) is 0 Å². The molecule has 0 aliphatic rings. The summed E-state index contributed by atoms with van der Waals surface area (Å²) in [5.74, 6) is 0. The van der Waals surface area contributed by atoms with Gasteiger partial charge in [0.25, 0.3) is 0 Å². The van der Waals surface area contributed by atoms with Gasteiger partial charge in [-0.25, -0.2) is 9.78 Å². The largest absolute Gasteiger partial charge is 0.453 e. The van der Waals surface area contributed by atoms with Crippen LogP contribution in [0.1, 0.15) is 33.1 Å². The molecule has 0 saturated carbocycles. The lowest BCUT2D eigenvalue weighted by molar-refractivity contribution is -0.258. The Balaban J connectivity index is 3.52. The van der Waals surface area contributed by atoms with Crippen LogP contribution >= 0.6 is 0 Å². The molecule has 0 aliphatic heterocycles. The van der Waals surface area contributed by atoms with Gasteiger partial charge in [0.15, 0.2) is 0 Å². The smallest absolute Gasteiger partial charge is 0.218 e. The molecule has 0 aromatic carbocycles. The Kier molecular flexibility index (Phi) is 8.01. The molecule has 0 N–H and O–H groups in total. The topological polar surface area (TPSA) is 71.1 Å². The third-order valence-corrected chi connectivity index (χ3v) is 1.66. The first-order chi connectivity index (χ1) is 6.62. The van der Waals surface area contributed by atoms with Gasteiger partial charge in [0.2, 0.25) is 0 Å². The summed E-state index contributed by atoms with van der Waals surface area (Å²) in [6.07, 6.45) is 2.24. The maximum Gasteiger partial charge on any atom is 0.453 e. The second-order valence-electron chi connectivity index (χ2n) is 2.54. The van der Waals surface area contributed by atoms with Crippen molar-refractivity contribution < 1.29 is 26.9 Å². The summed E-state index contributed by atoms with van der Waals surface area (Å²) in [6, 6.07) is 0. The van der Waals surface area contributed by atoms with E-state index in [9.17, 15) is 8.42 Å². The van der Waals surface area contributed by atoms with Gasteiger partial charge >= 0.3 is 10.4 Å². The fourth-order valence-corrected chi connectivity index (χ4v) is 0.878. The minimum atomic E-state index is -4.18. The van der Waals surface area contributed by atoms with Crippen LogP contribution in [0.25, 0.3) is 0 Å². The van der Waals surface area contributed by atoms with E-state index in [0.717, 1.165) is 6.42 Å². The molecule has 0 rings (SSSR count). The molecule has 0 aromatic rings. The summed E-state index contributed by atoms with van der Waals surface area (Å²) in [6.45, 7) is 4.14. The summed E-state index contributed by atoms with van der Waals surface area (Å²) in [5.41, 5.74) is 0. The summed E-state index contributed by atoms with van der Waals surface area (Å²) < 4.78 is 29.5. The van der Waals surface area contributed by atoms with Crippen molar-refractivity contribution in [3.8, 4) is 0 Å². The zero-order valence-corrected chi connectivity index (χ0v) is 9.21. The molecule has 0 radical (unpaired) electrons. The average Bonchev–Trinajstić information content (AvgIpc) is 2.13. The van der Waals surface area contributed by atoms with Gasteiger partial charge in [0.05, 0.1) is 13.2 Å². The van der Waals surface area contributed by atoms with Crippen LogP contribution in [0.2, 0.25) is 0 Å². The summed E-state index contributed by atoms with van der Waals surface area (Å²) in [5, 5.41) is 0. The van der Waals surface area contributed by atoms with E-state index in [4.69, 9.17) is 0 Å². The molecule has 0 heterocycles. The van der Waals surface area contributed by atoms with Gasteiger partial charge in [-0.2, -0.15) is 8.42 Å². The number of hydrogen-bond donors (Lipinski definition) is 0. The molecule has 7 heteroatoms. The van der Waals surface area contributed by atoms with Crippen molar-refractivity contribution in [2.45, 2.75) is 33.1 Å². The Morgan fingerprint density at radius 3 is 2.00 bits per heavy atom. The van der Waals surface area contributed by atoms with Crippen molar-refractivity contribution in [2.24, 2.45) is 0 Å². The number of hydrogen-bond acceptors (Lipinski definition) is 6. The Labute approximate surface area is 84.3 Å². The Hall–Kier alpha value is -0.210. The molecule has 0 aromatic heterocycles. The van der Waals surface area contributed by atoms with Crippen LogP contribution in [-0.2, 0) is 28.8 Å². The normalized spacial score (nSPS) is 11.9. The Morgan fingerprint density at radius 1 is 0.929 bits per heavy atom. The molecule has 6 nitrogen and oxygen atoms in total. The summed E-state index contributed by atoms with van der Waals surface area (Å²) >= 11 is 0. The zero-order chi connectivity index (χ0) is 10.9. The van der Waals surface area contributed by atoms with E-state index in [-0.39, 0.29) is 13.2 Å². The van der Waals surface area contributed by atoms with E-state index in [0.29, 0.717) is 12.8 Å².